The number of hydrogen-bond donors (Lipinski definition) is 3. The largest absolute Gasteiger partial charge is 0.480 e. The molecular formula is C12H18N2O3S. The van der Waals surface area contributed by atoms with Crippen molar-refractivity contribution in [2.45, 2.75) is 38.8 Å². The third-order valence-electron chi connectivity index (χ3n) is 2.46. The average molecular weight is 270 g/mol. The molecule has 0 fully saturated rings. The van der Waals surface area contributed by atoms with Gasteiger partial charge in [-0.3, -0.25) is 0 Å². The summed E-state index contributed by atoms with van der Waals surface area (Å²) < 4.78 is 0. The summed E-state index contributed by atoms with van der Waals surface area (Å²) in [6.07, 6.45) is 0.727. The number of hydrogen-bond acceptors (Lipinski definition) is 3. The van der Waals surface area contributed by atoms with E-state index in [9.17, 15) is 9.59 Å². The standard InChI is InChI=1S/C12H18N2O3S/c1-8(6-9-4-5-18-7-9)13-11(17)14-12(2,3)10(15)16/h4-5,7-8H,6H2,1-3H3,(H,15,16)(H2,13,14,17). The Morgan fingerprint density at radius 1 is 1.50 bits per heavy atom. The van der Waals surface area contributed by atoms with Crippen molar-refractivity contribution in [2.24, 2.45) is 0 Å². The van der Waals surface area contributed by atoms with Crippen molar-refractivity contribution < 1.29 is 14.7 Å². The summed E-state index contributed by atoms with van der Waals surface area (Å²) in [5.74, 6) is -1.07. The number of carboxylic acids is 1. The van der Waals surface area contributed by atoms with E-state index in [4.69, 9.17) is 5.11 Å². The molecule has 0 saturated carbocycles. The average Bonchev–Trinajstić information content (AvgIpc) is 2.68. The lowest BCUT2D eigenvalue weighted by Crippen LogP contribution is -2.54. The third-order valence-corrected chi connectivity index (χ3v) is 3.19. The topological polar surface area (TPSA) is 78.4 Å². The van der Waals surface area contributed by atoms with Crippen LogP contribution in [0, 0.1) is 0 Å². The molecule has 1 unspecified atom stereocenters. The van der Waals surface area contributed by atoms with E-state index in [-0.39, 0.29) is 6.04 Å². The summed E-state index contributed by atoms with van der Waals surface area (Å²) in [5.41, 5.74) is -0.114. The van der Waals surface area contributed by atoms with Crippen molar-refractivity contribution in [2.75, 3.05) is 0 Å². The normalized spacial score (nSPS) is 12.8. The molecule has 0 spiro atoms. The number of urea groups is 1. The van der Waals surface area contributed by atoms with Crippen molar-refractivity contribution in [1.82, 2.24) is 10.6 Å². The molecule has 0 radical (unpaired) electrons. The molecule has 0 saturated heterocycles. The third kappa shape index (κ3) is 4.37. The molecule has 1 aromatic rings. The summed E-state index contributed by atoms with van der Waals surface area (Å²) in [7, 11) is 0. The number of aliphatic carboxylic acids is 1. The smallest absolute Gasteiger partial charge is 0.328 e. The highest BCUT2D eigenvalue weighted by molar-refractivity contribution is 7.07. The first kappa shape index (κ1) is 14.5. The van der Waals surface area contributed by atoms with Crippen LogP contribution < -0.4 is 10.6 Å². The SMILES string of the molecule is CC(Cc1ccsc1)NC(=O)NC(C)(C)C(=O)O. The number of carbonyl (C=O) groups excluding carboxylic acids is 1. The van der Waals surface area contributed by atoms with Crippen molar-refractivity contribution in [3.8, 4) is 0 Å². The molecule has 0 aliphatic rings. The van der Waals surface area contributed by atoms with E-state index in [0.29, 0.717) is 0 Å². The molecular weight excluding hydrogens is 252 g/mol. The monoisotopic (exact) mass is 270 g/mol. The van der Waals surface area contributed by atoms with Gasteiger partial charge >= 0.3 is 12.0 Å². The summed E-state index contributed by atoms with van der Waals surface area (Å²) in [5, 5.41) is 18.0. The molecule has 1 aromatic heterocycles. The van der Waals surface area contributed by atoms with Crippen LogP contribution in [0.25, 0.3) is 0 Å². The predicted molar refractivity (Wildman–Crippen MR) is 70.9 cm³/mol. The molecule has 1 atom stereocenters. The molecule has 3 N–H and O–H groups in total. The van der Waals surface area contributed by atoms with E-state index in [1.807, 2.05) is 23.8 Å². The second kappa shape index (κ2) is 5.86. The van der Waals surface area contributed by atoms with E-state index in [1.54, 1.807) is 11.3 Å². The molecule has 100 valence electrons. The number of carboxylic acid groups (broad SMARTS) is 1. The Balaban J connectivity index is 2.43. The maximum absolute atomic E-state index is 11.6. The van der Waals surface area contributed by atoms with Crippen LogP contribution in [0.1, 0.15) is 26.3 Å². The first-order valence-electron chi connectivity index (χ1n) is 5.64. The van der Waals surface area contributed by atoms with Gasteiger partial charge in [0.05, 0.1) is 0 Å². The van der Waals surface area contributed by atoms with Crippen molar-refractivity contribution >= 4 is 23.3 Å². The Kier molecular flexibility index (Phi) is 4.72. The summed E-state index contributed by atoms with van der Waals surface area (Å²) in [4.78, 5) is 22.5. The van der Waals surface area contributed by atoms with E-state index in [2.05, 4.69) is 10.6 Å². The fraction of sp³-hybridized carbons (Fsp3) is 0.500. The Bertz CT molecular complexity index is 415. The number of rotatable bonds is 5. The number of nitrogens with one attached hydrogen (secondary N) is 2. The molecule has 0 bridgehead atoms. The van der Waals surface area contributed by atoms with Gasteiger partial charge in [0.1, 0.15) is 5.54 Å². The van der Waals surface area contributed by atoms with Gasteiger partial charge in [0.15, 0.2) is 0 Å². The lowest BCUT2D eigenvalue weighted by molar-refractivity contribution is -0.142. The van der Waals surface area contributed by atoms with Crippen LogP contribution in [-0.2, 0) is 11.2 Å². The molecule has 0 aliphatic carbocycles. The molecule has 6 heteroatoms. The quantitative estimate of drug-likeness (QED) is 0.764. The van der Waals surface area contributed by atoms with Gasteiger partial charge in [-0.15, -0.1) is 0 Å². The maximum atomic E-state index is 11.6. The van der Waals surface area contributed by atoms with Crippen LogP contribution in [0.15, 0.2) is 16.8 Å². The van der Waals surface area contributed by atoms with Gasteiger partial charge in [0.25, 0.3) is 0 Å². The van der Waals surface area contributed by atoms with Gasteiger partial charge in [0.2, 0.25) is 0 Å². The minimum absolute atomic E-state index is 0.0517. The number of carbonyl (C=O) groups is 2. The Hall–Kier alpha value is -1.56. The fourth-order valence-corrected chi connectivity index (χ4v) is 2.09. The van der Waals surface area contributed by atoms with Crippen LogP contribution in [0.3, 0.4) is 0 Å². The van der Waals surface area contributed by atoms with Crippen LogP contribution >= 0.6 is 11.3 Å². The highest BCUT2D eigenvalue weighted by Crippen LogP contribution is 2.08. The summed E-state index contributed by atoms with van der Waals surface area (Å²) in [6.45, 7) is 4.77. The zero-order valence-corrected chi connectivity index (χ0v) is 11.5. The van der Waals surface area contributed by atoms with Crippen molar-refractivity contribution in [3.63, 3.8) is 0 Å². The molecule has 1 rings (SSSR count). The van der Waals surface area contributed by atoms with Gasteiger partial charge in [-0.1, -0.05) is 0 Å². The highest BCUT2D eigenvalue weighted by Gasteiger charge is 2.29. The second-order valence-electron chi connectivity index (χ2n) is 4.77. The minimum atomic E-state index is -1.27. The zero-order chi connectivity index (χ0) is 13.8. The van der Waals surface area contributed by atoms with Gasteiger partial charge in [-0.2, -0.15) is 11.3 Å². The second-order valence-corrected chi connectivity index (χ2v) is 5.55. The predicted octanol–water partition coefficient (Wildman–Crippen LogP) is 1.84. The molecule has 0 aromatic carbocycles. The number of thiophene rings is 1. The fourth-order valence-electron chi connectivity index (χ4n) is 1.41. The van der Waals surface area contributed by atoms with Crippen LogP contribution in [0.2, 0.25) is 0 Å². The first-order chi connectivity index (χ1) is 8.31. The van der Waals surface area contributed by atoms with Crippen molar-refractivity contribution in [3.05, 3.63) is 22.4 Å². The summed E-state index contributed by atoms with van der Waals surface area (Å²) in [6, 6.07) is 1.48. The van der Waals surface area contributed by atoms with Crippen LogP contribution in [-0.4, -0.2) is 28.7 Å². The Morgan fingerprint density at radius 3 is 2.67 bits per heavy atom. The van der Waals surface area contributed by atoms with Gasteiger partial charge in [-0.05, 0) is 49.6 Å². The van der Waals surface area contributed by atoms with Gasteiger partial charge < -0.3 is 15.7 Å². The van der Waals surface area contributed by atoms with Crippen LogP contribution in [0.5, 0.6) is 0 Å². The van der Waals surface area contributed by atoms with E-state index < -0.39 is 17.5 Å². The number of amides is 2. The lowest BCUT2D eigenvalue weighted by Gasteiger charge is -2.23. The Labute approximate surface area is 110 Å². The van der Waals surface area contributed by atoms with Gasteiger partial charge in [0, 0.05) is 6.04 Å². The molecule has 0 aliphatic heterocycles. The maximum Gasteiger partial charge on any atom is 0.328 e. The highest BCUT2D eigenvalue weighted by atomic mass is 32.1. The van der Waals surface area contributed by atoms with Crippen LogP contribution in [0.4, 0.5) is 4.79 Å². The Morgan fingerprint density at radius 2 is 2.17 bits per heavy atom. The molecule has 18 heavy (non-hydrogen) atoms. The molecule has 5 nitrogen and oxygen atoms in total. The lowest BCUT2D eigenvalue weighted by atomic mass is 10.1. The van der Waals surface area contributed by atoms with E-state index >= 15 is 0 Å². The van der Waals surface area contributed by atoms with E-state index in [1.165, 1.54) is 13.8 Å². The zero-order valence-electron chi connectivity index (χ0n) is 10.7. The first-order valence-corrected chi connectivity index (χ1v) is 6.58. The molecule has 2 amide bonds. The molecule has 1 heterocycles. The minimum Gasteiger partial charge on any atom is -0.480 e. The van der Waals surface area contributed by atoms with E-state index in [0.717, 1.165) is 12.0 Å². The summed E-state index contributed by atoms with van der Waals surface area (Å²) >= 11 is 1.61. The van der Waals surface area contributed by atoms with Gasteiger partial charge in [-0.25, -0.2) is 9.59 Å². The van der Waals surface area contributed by atoms with Crippen molar-refractivity contribution in [1.29, 1.82) is 0 Å².